The van der Waals surface area contributed by atoms with Crippen LogP contribution in [-0.2, 0) is 14.3 Å². The van der Waals surface area contributed by atoms with E-state index in [4.69, 9.17) is 14.2 Å². The predicted octanol–water partition coefficient (Wildman–Crippen LogP) is 2.64. The molecule has 0 aromatic heterocycles. The summed E-state index contributed by atoms with van der Waals surface area (Å²) < 4.78 is 15.8. The number of carbonyl (C=O) groups excluding carboxylic acids is 1. The molecule has 1 fully saturated rings. The topological polar surface area (TPSA) is 65.0 Å². The lowest BCUT2D eigenvalue weighted by molar-refractivity contribution is -0.170. The van der Waals surface area contributed by atoms with Gasteiger partial charge in [-0.1, -0.05) is 18.2 Å². The number of benzene rings is 1. The monoisotopic (exact) mass is 320 g/mol. The Bertz CT molecular complexity index is 517. The van der Waals surface area contributed by atoms with Crippen molar-refractivity contribution in [3.8, 4) is 5.75 Å². The lowest BCUT2D eigenvalue weighted by atomic mass is 9.73. The number of ether oxygens (including phenoxy) is 3. The predicted molar refractivity (Wildman–Crippen MR) is 86.2 cm³/mol. The molecule has 1 N–H and O–H groups in total. The van der Waals surface area contributed by atoms with Crippen LogP contribution >= 0.6 is 0 Å². The fraction of sp³-hybridized carbons (Fsp3) is 0.500. The highest BCUT2D eigenvalue weighted by Crippen LogP contribution is 2.43. The summed E-state index contributed by atoms with van der Waals surface area (Å²) in [6.07, 6.45) is 2.52. The van der Waals surface area contributed by atoms with Crippen LogP contribution < -0.4 is 4.74 Å². The molecule has 0 amide bonds. The Morgan fingerprint density at radius 1 is 1.39 bits per heavy atom. The van der Waals surface area contributed by atoms with Crippen LogP contribution in [0.4, 0.5) is 0 Å². The molecule has 0 radical (unpaired) electrons. The first-order chi connectivity index (χ1) is 11.1. The summed E-state index contributed by atoms with van der Waals surface area (Å²) in [6.45, 7) is 5.09. The van der Waals surface area contributed by atoms with Crippen molar-refractivity contribution in [3.63, 3.8) is 0 Å². The first kappa shape index (κ1) is 17.5. The molecule has 0 bridgehead atoms. The number of methoxy groups -OCH3 is 1. The third kappa shape index (κ3) is 3.92. The minimum Gasteiger partial charge on any atom is -0.493 e. The lowest BCUT2D eigenvalue weighted by Gasteiger charge is -2.38. The molecule has 5 nitrogen and oxygen atoms in total. The van der Waals surface area contributed by atoms with E-state index in [2.05, 4.69) is 6.58 Å². The molecule has 1 atom stereocenters. The van der Waals surface area contributed by atoms with Crippen LogP contribution in [0.5, 0.6) is 5.75 Å². The van der Waals surface area contributed by atoms with Gasteiger partial charge in [-0.05, 0) is 37.0 Å². The average Bonchev–Trinajstić information content (AvgIpc) is 2.61. The van der Waals surface area contributed by atoms with Gasteiger partial charge in [0.05, 0.1) is 19.8 Å². The molecular weight excluding hydrogens is 296 g/mol. The molecule has 2 rings (SSSR count). The van der Waals surface area contributed by atoms with Crippen LogP contribution in [0.25, 0.3) is 0 Å². The quantitative estimate of drug-likeness (QED) is 0.475. The molecule has 1 unspecified atom stereocenters. The second-order valence-electron chi connectivity index (χ2n) is 5.66. The minimum atomic E-state index is -0.946. The number of hydrogen-bond acceptors (Lipinski definition) is 5. The number of rotatable bonds is 7. The summed E-state index contributed by atoms with van der Waals surface area (Å²) >= 11 is 0. The van der Waals surface area contributed by atoms with E-state index in [0.29, 0.717) is 38.2 Å². The second kappa shape index (κ2) is 8.13. The van der Waals surface area contributed by atoms with Gasteiger partial charge in [-0.25, -0.2) is 0 Å². The number of hydrogen-bond donors (Lipinski definition) is 1. The maximum Gasteiger partial charge on any atom is 0.314 e. The van der Waals surface area contributed by atoms with E-state index in [0.717, 1.165) is 12.2 Å². The third-order valence-corrected chi connectivity index (χ3v) is 4.29. The van der Waals surface area contributed by atoms with Gasteiger partial charge in [0.2, 0.25) is 0 Å². The van der Waals surface area contributed by atoms with Gasteiger partial charge in [-0.3, -0.25) is 4.79 Å². The number of carbonyl (C=O) groups is 1. The van der Waals surface area contributed by atoms with Gasteiger partial charge in [0, 0.05) is 13.2 Å². The lowest BCUT2D eigenvalue weighted by Crippen LogP contribution is -2.43. The largest absolute Gasteiger partial charge is 0.493 e. The third-order valence-electron chi connectivity index (χ3n) is 4.29. The molecular formula is C18H24O5. The van der Waals surface area contributed by atoms with Gasteiger partial charge in [-0.2, -0.15) is 0 Å². The first-order valence-electron chi connectivity index (χ1n) is 7.82. The Balaban J connectivity index is 2.14. The normalized spacial score (nSPS) is 18.0. The molecule has 126 valence electrons. The highest BCUT2D eigenvalue weighted by atomic mass is 16.5. The van der Waals surface area contributed by atoms with E-state index in [1.807, 2.05) is 0 Å². The van der Waals surface area contributed by atoms with Crippen LogP contribution in [0.2, 0.25) is 0 Å². The molecule has 1 aliphatic rings. The van der Waals surface area contributed by atoms with Crippen molar-refractivity contribution in [2.75, 3.05) is 26.9 Å². The van der Waals surface area contributed by atoms with Crippen molar-refractivity contribution in [2.45, 2.75) is 25.4 Å². The van der Waals surface area contributed by atoms with Gasteiger partial charge < -0.3 is 19.3 Å². The Morgan fingerprint density at radius 2 is 2.04 bits per heavy atom. The summed E-state index contributed by atoms with van der Waals surface area (Å²) in [7, 11) is 1.35. The maximum atomic E-state index is 12.3. The van der Waals surface area contributed by atoms with Crippen LogP contribution in [0.1, 0.15) is 30.9 Å². The van der Waals surface area contributed by atoms with E-state index in [1.165, 1.54) is 7.11 Å². The zero-order valence-electron chi connectivity index (χ0n) is 13.5. The SMILES string of the molecule is C=CCCOc1ccc(C(O)C2(C(=O)OC)CCOCC2)cc1. The number of esters is 1. The van der Waals surface area contributed by atoms with Crippen molar-refractivity contribution >= 4 is 5.97 Å². The molecule has 0 aliphatic carbocycles. The standard InChI is InChI=1S/C18H24O5/c1-3-4-11-23-15-7-5-14(6-8-15)16(19)18(17(20)21-2)9-12-22-13-10-18/h3,5-8,16,19H,1,4,9-13H2,2H3. The minimum absolute atomic E-state index is 0.389. The Morgan fingerprint density at radius 3 is 2.61 bits per heavy atom. The zero-order chi connectivity index (χ0) is 16.7. The van der Waals surface area contributed by atoms with Crippen molar-refractivity contribution in [1.82, 2.24) is 0 Å². The molecule has 23 heavy (non-hydrogen) atoms. The molecule has 1 aromatic rings. The van der Waals surface area contributed by atoms with Gasteiger partial charge >= 0.3 is 5.97 Å². The van der Waals surface area contributed by atoms with Crippen LogP contribution in [0.15, 0.2) is 36.9 Å². The Hall–Kier alpha value is -1.85. The Kier molecular flexibility index (Phi) is 6.19. The van der Waals surface area contributed by atoms with E-state index >= 15 is 0 Å². The van der Waals surface area contributed by atoms with Crippen molar-refractivity contribution in [3.05, 3.63) is 42.5 Å². The summed E-state index contributed by atoms with van der Waals surface area (Å²) in [5, 5.41) is 10.8. The van der Waals surface area contributed by atoms with Crippen molar-refractivity contribution in [1.29, 1.82) is 0 Å². The van der Waals surface area contributed by atoms with E-state index < -0.39 is 11.5 Å². The van der Waals surface area contributed by atoms with E-state index in [9.17, 15) is 9.90 Å². The van der Waals surface area contributed by atoms with E-state index in [-0.39, 0.29) is 5.97 Å². The average molecular weight is 320 g/mol. The first-order valence-corrected chi connectivity index (χ1v) is 7.82. The van der Waals surface area contributed by atoms with Crippen molar-refractivity contribution < 1.29 is 24.1 Å². The number of aliphatic hydroxyl groups excluding tert-OH is 1. The molecule has 1 saturated heterocycles. The van der Waals surface area contributed by atoms with Gasteiger partial charge in [0.15, 0.2) is 0 Å². The highest BCUT2D eigenvalue weighted by molar-refractivity contribution is 5.78. The molecule has 5 heteroatoms. The van der Waals surface area contributed by atoms with Gasteiger partial charge in [0.1, 0.15) is 11.2 Å². The molecule has 0 spiro atoms. The summed E-state index contributed by atoms with van der Waals surface area (Å²) in [4.78, 5) is 12.3. The summed E-state index contributed by atoms with van der Waals surface area (Å²) in [6, 6.07) is 7.17. The molecule has 1 aliphatic heterocycles. The molecule has 0 saturated carbocycles. The van der Waals surface area contributed by atoms with Gasteiger partial charge in [0.25, 0.3) is 0 Å². The Labute approximate surface area is 136 Å². The highest BCUT2D eigenvalue weighted by Gasteiger charge is 2.48. The fourth-order valence-electron chi connectivity index (χ4n) is 2.85. The van der Waals surface area contributed by atoms with Crippen LogP contribution in [-0.4, -0.2) is 38.0 Å². The second-order valence-corrected chi connectivity index (χ2v) is 5.66. The smallest absolute Gasteiger partial charge is 0.314 e. The van der Waals surface area contributed by atoms with Crippen LogP contribution in [0, 0.1) is 5.41 Å². The molecule has 1 heterocycles. The zero-order valence-corrected chi connectivity index (χ0v) is 13.5. The van der Waals surface area contributed by atoms with Crippen molar-refractivity contribution in [2.24, 2.45) is 5.41 Å². The van der Waals surface area contributed by atoms with Crippen LogP contribution in [0.3, 0.4) is 0 Å². The maximum absolute atomic E-state index is 12.3. The van der Waals surface area contributed by atoms with Gasteiger partial charge in [-0.15, -0.1) is 6.58 Å². The number of aliphatic hydroxyl groups is 1. The molecule has 1 aromatic carbocycles. The summed E-state index contributed by atoms with van der Waals surface area (Å²) in [5.41, 5.74) is -0.272. The summed E-state index contributed by atoms with van der Waals surface area (Å²) in [5.74, 6) is 0.335. The fourth-order valence-corrected chi connectivity index (χ4v) is 2.85. The van der Waals surface area contributed by atoms with E-state index in [1.54, 1.807) is 30.3 Å².